The standard InChI is InChI=1S/C12H16IN3O2/c1-8-6-9(14)4-5-15(8)10-2-3-12(16(17)18)11(13)7-10/h2-3,7-9H,4-6,14H2,1H3. The third kappa shape index (κ3) is 2.74. The molecule has 1 fully saturated rings. The van der Waals surface area contributed by atoms with Crippen LogP contribution in [-0.2, 0) is 0 Å². The van der Waals surface area contributed by atoms with Crippen LogP contribution in [-0.4, -0.2) is 23.6 Å². The number of piperidine rings is 1. The molecule has 2 rings (SSSR count). The van der Waals surface area contributed by atoms with Gasteiger partial charge in [0.1, 0.15) is 0 Å². The molecular weight excluding hydrogens is 345 g/mol. The molecule has 5 nitrogen and oxygen atoms in total. The zero-order valence-electron chi connectivity index (χ0n) is 10.2. The van der Waals surface area contributed by atoms with Crippen LogP contribution in [0.4, 0.5) is 11.4 Å². The highest BCUT2D eigenvalue weighted by Gasteiger charge is 2.24. The minimum absolute atomic E-state index is 0.167. The fourth-order valence-electron chi connectivity index (χ4n) is 2.41. The molecule has 0 radical (unpaired) electrons. The van der Waals surface area contributed by atoms with E-state index in [-0.39, 0.29) is 16.7 Å². The summed E-state index contributed by atoms with van der Waals surface area (Å²) in [5.74, 6) is 0. The lowest BCUT2D eigenvalue weighted by Crippen LogP contribution is -2.45. The van der Waals surface area contributed by atoms with E-state index in [1.807, 2.05) is 34.7 Å². The van der Waals surface area contributed by atoms with Gasteiger partial charge in [0.05, 0.1) is 8.49 Å². The van der Waals surface area contributed by atoms with Crippen molar-refractivity contribution in [2.45, 2.75) is 31.8 Å². The Balaban J connectivity index is 2.24. The first-order valence-corrected chi connectivity index (χ1v) is 7.03. The summed E-state index contributed by atoms with van der Waals surface area (Å²) in [6, 6.07) is 5.94. The summed E-state index contributed by atoms with van der Waals surface area (Å²) in [4.78, 5) is 12.7. The fraction of sp³-hybridized carbons (Fsp3) is 0.500. The quantitative estimate of drug-likeness (QED) is 0.499. The maximum absolute atomic E-state index is 10.8. The van der Waals surface area contributed by atoms with Crippen molar-refractivity contribution in [3.63, 3.8) is 0 Å². The van der Waals surface area contributed by atoms with Crippen LogP contribution in [0.15, 0.2) is 18.2 Å². The zero-order chi connectivity index (χ0) is 13.3. The van der Waals surface area contributed by atoms with E-state index in [0.717, 1.165) is 25.1 Å². The van der Waals surface area contributed by atoms with Crippen molar-refractivity contribution in [1.82, 2.24) is 0 Å². The summed E-state index contributed by atoms with van der Waals surface area (Å²) in [5.41, 5.74) is 7.15. The first-order chi connectivity index (χ1) is 8.49. The van der Waals surface area contributed by atoms with Crippen molar-refractivity contribution in [3.05, 3.63) is 31.9 Å². The van der Waals surface area contributed by atoms with E-state index in [2.05, 4.69) is 11.8 Å². The molecule has 6 heteroatoms. The molecule has 0 bridgehead atoms. The Kier molecular flexibility index (Phi) is 4.06. The molecule has 98 valence electrons. The number of benzene rings is 1. The number of nitrogens with zero attached hydrogens (tertiary/aromatic N) is 2. The maximum Gasteiger partial charge on any atom is 0.282 e. The molecule has 1 aliphatic rings. The second-order valence-electron chi connectivity index (χ2n) is 4.72. The van der Waals surface area contributed by atoms with Gasteiger partial charge >= 0.3 is 0 Å². The first kappa shape index (κ1) is 13.5. The van der Waals surface area contributed by atoms with Crippen LogP contribution in [0.2, 0.25) is 0 Å². The van der Waals surface area contributed by atoms with Crippen molar-refractivity contribution in [1.29, 1.82) is 0 Å². The molecule has 1 heterocycles. The van der Waals surface area contributed by atoms with E-state index in [0.29, 0.717) is 9.61 Å². The van der Waals surface area contributed by atoms with E-state index in [9.17, 15) is 10.1 Å². The van der Waals surface area contributed by atoms with Crippen LogP contribution in [0.3, 0.4) is 0 Å². The van der Waals surface area contributed by atoms with Gasteiger partial charge in [0, 0.05) is 30.4 Å². The Labute approximate surface area is 120 Å². The van der Waals surface area contributed by atoms with Gasteiger partial charge < -0.3 is 10.6 Å². The van der Waals surface area contributed by atoms with E-state index >= 15 is 0 Å². The normalized spacial score (nSPS) is 24.1. The van der Waals surface area contributed by atoms with Crippen molar-refractivity contribution in [2.24, 2.45) is 5.73 Å². The molecule has 0 spiro atoms. The topological polar surface area (TPSA) is 72.4 Å². The highest BCUT2D eigenvalue weighted by molar-refractivity contribution is 14.1. The molecule has 0 aromatic heterocycles. The number of rotatable bonds is 2. The molecule has 1 aromatic rings. The van der Waals surface area contributed by atoms with Gasteiger partial charge in [-0.3, -0.25) is 10.1 Å². The molecule has 0 saturated carbocycles. The van der Waals surface area contributed by atoms with Crippen LogP contribution in [0, 0.1) is 13.7 Å². The lowest BCUT2D eigenvalue weighted by Gasteiger charge is -2.38. The smallest absolute Gasteiger partial charge is 0.282 e. The Morgan fingerprint density at radius 2 is 2.28 bits per heavy atom. The molecular formula is C12H16IN3O2. The van der Waals surface area contributed by atoms with Gasteiger partial charge in [-0.05, 0) is 54.5 Å². The van der Waals surface area contributed by atoms with Crippen LogP contribution >= 0.6 is 22.6 Å². The molecule has 1 aromatic carbocycles. The van der Waals surface area contributed by atoms with Gasteiger partial charge in [-0.15, -0.1) is 0 Å². The van der Waals surface area contributed by atoms with E-state index in [1.54, 1.807) is 6.07 Å². The minimum Gasteiger partial charge on any atom is -0.369 e. The number of hydrogen-bond donors (Lipinski definition) is 1. The van der Waals surface area contributed by atoms with E-state index in [1.165, 1.54) is 0 Å². The third-order valence-electron chi connectivity index (χ3n) is 3.38. The SMILES string of the molecule is CC1CC(N)CCN1c1ccc([N+](=O)[O-])c(I)c1. The largest absolute Gasteiger partial charge is 0.369 e. The van der Waals surface area contributed by atoms with Crippen LogP contribution in [0.1, 0.15) is 19.8 Å². The molecule has 1 aliphatic heterocycles. The molecule has 2 atom stereocenters. The van der Waals surface area contributed by atoms with Crippen molar-refractivity contribution < 1.29 is 4.92 Å². The van der Waals surface area contributed by atoms with Crippen LogP contribution < -0.4 is 10.6 Å². The Hall–Kier alpha value is -0.890. The summed E-state index contributed by atoms with van der Waals surface area (Å²) in [7, 11) is 0. The van der Waals surface area contributed by atoms with Gasteiger partial charge in [-0.25, -0.2) is 0 Å². The zero-order valence-corrected chi connectivity index (χ0v) is 12.3. The van der Waals surface area contributed by atoms with E-state index in [4.69, 9.17) is 5.73 Å². The van der Waals surface area contributed by atoms with Crippen LogP contribution in [0.5, 0.6) is 0 Å². The van der Waals surface area contributed by atoms with E-state index < -0.39 is 0 Å². The molecule has 2 unspecified atom stereocenters. The van der Waals surface area contributed by atoms with Gasteiger partial charge in [0.25, 0.3) is 5.69 Å². The predicted molar refractivity (Wildman–Crippen MR) is 79.8 cm³/mol. The fourth-order valence-corrected chi connectivity index (χ4v) is 3.11. The summed E-state index contributed by atoms with van der Waals surface area (Å²) in [5, 5.41) is 10.8. The number of halogens is 1. The number of nitro groups is 1. The van der Waals surface area contributed by atoms with Crippen molar-refractivity contribution in [2.75, 3.05) is 11.4 Å². The second kappa shape index (κ2) is 5.40. The third-order valence-corrected chi connectivity index (χ3v) is 4.24. The average molecular weight is 361 g/mol. The molecule has 1 saturated heterocycles. The molecule has 2 N–H and O–H groups in total. The summed E-state index contributed by atoms with van der Waals surface area (Å²) in [6.07, 6.45) is 1.94. The number of nitrogens with two attached hydrogens (primary N) is 1. The predicted octanol–water partition coefficient (Wildman–Crippen LogP) is 2.52. The van der Waals surface area contributed by atoms with Crippen molar-refractivity contribution in [3.8, 4) is 0 Å². The highest BCUT2D eigenvalue weighted by atomic mass is 127. The van der Waals surface area contributed by atoms with Gasteiger partial charge in [0.15, 0.2) is 0 Å². The number of hydrogen-bond acceptors (Lipinski definition) is 4. The maximum atomic E-state index is 10.8. The lowest BCUT2D eigenvalue weighted by atomic mass is 9.98. The summed E-state index contributed by atoms with van der Waals surface area (Å²) < 4.78 is 0.678. The lowest BCUT2D eigenvalue weighted by molar-refractivity contribution is -0.385. The average Bonchev–Trinajstić information content (AvgIpc) is 2.28. The number of nitro benzene ring substituents is 1. The molecule has 0 aliphatic carbocycles. The van der Waals surface area contributed by atoms with Gasteiger partial charge in [0.2, 0.25) is 0 Å². The first-order valence-electron chi connectivity index (χ1n) is 5.95. The Morgan fingerprint density at radius 1 is 1.56 bits per heavy atom. The molecule has 0 amide bonds. The Bertz CT molecular complexity index is 467. The van der Waals surface area contributed by atoms with Crippen molar-refractivity contribution >= 4 is 34.0 Å². The molecule has 18 heavy (non-hydrogen) atoms. The summed E-state index contributed by atoms with van der Waals surface area (Å²) in [6.45, 7) is 3.06. The van der Waals surface area contributed by atoms with Gasteiger partial charge in [-0.1, -0.05) is 0 Å². The highest BCUT2D eigenvalue weighted by Crippen LogP contribution is 2.29. The minimum atomic E-state index is -0.346. The van der Waals surface area contributed by atoms with Gasteiger partial charge in [-0.2, -0.15) is 0 Å². The summed E-state index contributed by atoms with van der Waals surface area (Å²) >= 11 is 2.02. The number of anilines is 1. The van der Waals surface area contributed by atoms with Crippen LogP contribution in [0.25, 0.3) is 0 Å². The Morgan fingerprint density at radius 3 is 2.83 bits per heavy atom. The second-order valence-corrected chi connectivity index (χ2v) is 5.88. The monoisotopic (exact) mass is 361 g/mol.